The van der Waals surface area contributed by atoms with Crippen LogP contribution in [0.25, 0.3) is 11.1 Å². The van der Waals surface area contributed by atoms with Crippen LogP contribution in [0.3, 0.4) is 0 Å². The number of benzene rings is 2. The molecule has 0 aliphatic rings. The molecule has 0 amide bonds. The summed E-state index contributed by atoms with van der Waals surface area (Å²) in [5.74, 6) is 0. The number of hydrogen-bond donors (Lipinski definition) is 0. The molecule has 0 unspecified atom stereocenters. The van der Waals surface area contributed by atoms with Gasteiger partial charge in [-0.3, -0.25) is 0 Å². The van der Waals surface area contributed by atoms with Gasteiger partial charge >= 0.3 is 12.4 Å². The third kappa shape index (κ3) is 4.50. The summed E-state index contributed by atoms with van der Waals surface area (Å²) in [5.41, 5.74) is -13.8. The molecule has 0 aliphatic carbocycles. The minimum atomic E-state index is -5.61. The molecule has 0 aliphatic heterocycles. The fourth-order valence-corrected chi connectivity index (χ4v) is 3.48. The van der Waals surface area contributed by atoms with Crippen LogP contribution >= 0.6 is 0 Å². The molecule has 0 saturated carbocycles. The van der Waals surface area contributed by atoms with Gasteiger partial charge in [0.05, 0.1) is 50.6 Å². The summed E-state index contributed by atoms with van der Waals surface area (Å²) in [7, 11) is 0. The quantitative estimate of drug-likeness (QED) is 0.517. The van der Waals surface area contributed by atoms with Crippen molar-refractivity contribution in [3.8, 4) is 48.6 Å². The van der Waals surface area contributed by atoms with Crippen LogP contribution in [0.15, 0.2) is 12.1 Å². The van der Waals surface area contributed by atoms with Gasteiger partial charge < -0.3 is 0 Å². The summed E-state index contributed by atoms with van der Waals surface area (Å²) in [5, 5.41) is 73.6. The molecule has 38 heavy (non-hydrogen) atoms. The van der Waals surface area contributed by atoms with Crippen molar-refractivity contribution in [1.29, 1.82) is 42.1 Å². The van der Waals surface area contributed by atoms with Gasteiger partial charge in [0.2, 0.25) is 0 Å². The molecule has 0 N–H and O–H groups in total. The molecule has 2 rings (SSSR count). The molecule has 0 aromatic heterocycles. The van der Waals surface area contributed by atoms with Gasteiger partial charge in [-0.2, -0.15) is 68.4 Å². The van der Waals surface area contributed by atoms with Gasteiger partial charge in [0.1, 0.15) is 48.1 Å². The van der Waals surface area contributed by atoms with E-state index in [0.717, 1.165) is 12.1 Å². The zero-order chi connectivity index (χ0) is 29.0. The summed E-state index contributed by atoms with van der Waals surface area (Å²) in [6.45, 7) is 0. The molecule has 0 atom stereocenters. The van der Waals surface area contributed by atoms with Crippen LogP contribution in [0.5, 0.6) is 0 Å². The van der Waals surface area contributed by atoms with Gasteiger partial charge in [-0.15, -0.1) is 0 Å². The topological polar surface area (TPSA) is 190 Å². The van der Waals surface area contributed by atoms with E-state index in [0.29, 0.717) is 6.07 Å². The van der Waals surface area contributed by atoms with Crippen molar-refractivity contribution in [2.75, 3.05) is 0 Å². The molecule has 180 valence electrons. The highest BCUT2D eigenvalue weighted by Crippen LogP contribution is 2.43. The van der Waals surface area contributed by atoms with Crippen LogP contribution in [-0.2, 0) is 12.4 Å². The second-order valence-electron chi connectivity index (χ2n) is 6.83. The smallest absolute Gasteiger partial charge is 0.192 e. The van der Waals surface area contributed by atoms with Crippen molar-refractivity contribution in [3.05, 3.63) is 67.1 Å². The summed E-state index contributed by atoms with van der Waals surface area (Å²) in [4.78, 5) is 0. The number of nitrogens with zero attached hydrogens (tertiary/aromatic N) is 8. The molecule has 0 heterocycles. The van der Waals surface area contributed by atoms with Crippen LogP contribution < -0.4 is 10.4 Å². The van der Waals surface area contributed by atoms with Crippen molar-refractivity contribution in [2.45, 2.75) is 12.4 Å². The lowest BCUT2D eigenvalue weighted by molar-refractivity contribution is -0.141. The summed E-state index contributed by atoms with van der Waals surface area (Å²) >= 11 is 0. The summed E-state index contributed by atoms with van der Waals surface area (Å²) < 4.78 is 83.3. The zero-order valence-electron chi connectivity index (χ0n) is 18.0. The first-order chi connectivity index (χ1) is 17.8. The van der Waals surface area contributed by atoms with Gasteiger partial charge in [-0.1, -0.05) is 0 Å². The van der Waals surface area contributed by atoms with E-state index in [1.54, 1.807) is 0 Å². The molecule has 0 fully saturated rings. The fraction of sp³-hybridized carbons (Fsp3) is 0.0833. The van der Waals surface area contributed by atoms with E-state index in [1.807, 2.05) is 0 Å². The van der Waals surface area contributed by atoms with Crippen molar-refractivity contribution in [3.63, 3.8) is 0 Å². The third-order valence-electron chi connectivity index (χ3n) is 4.94. The van der Waals surface area contributed by atoms with Crippen molar-refractivity contribution in [2.24, 2.45) is 0 Å². The number of alkyl halides is 6. The Hall–Kier alpha value is -6.32. The summed E-state index contributed by atoms with van der Waals surface area (Å²) in [6, 6.07) is 10.4. The molecule has 0 saturated heterocycles. The van der Waals surface area contributed by atoms with Gasteiger partial charge in [-0.25, -0.2) is 0 Å². The number of halogens is 6. The Morgan fingerprint density at radius 2 is 1.11 bits per heavy atom. The monoisotopic (exact) mass is 516 g/mol. The molecular weight excluding hydrogens is 514 g/mol. The molecule has 14 heteroatoms. The molecule has 2 aromatic rings. The second kappa shape index (κ2) is 10.1. The molecule has 2 aromatic carbocycles. The van der Waals surface area contributed by atoms with Crippen molar-refractivity contribution in [1.82, 2.24) is 0 Å². The predicted octanol–water partition coefficient (Wildman–Crippen LogP) is 3.00. The molecule has 0 radical (unpaired) electrons. The highest BCUT2D eigenvalue weighted by molar-refractivity contribution is 5.84. The average Bonchev–Trinajstić information content (AvgIpc) is 2.87. The number of rotatable bonds is 1. The second-order valence-corrected chi connectivity index (χ2v) is 6.83. The standard InChI is InChI=1S/C24H2F6N8/c25-23(26,27)20-2-14(22(24(28,29)30)19(10-38)17(20)8-36)15(6-34)13-1-11(3-31)21(12(4-32)5-33)18(9-37)16(13)7-35/h1-2H/b15-13+. The number of nitriles is 8. The highest BCUT2D eigenvalue weighted by atomic mass is 19.4. The van der Waals surface area contributed by atoms with E-state index < -0.39 is 78.4 Å². The normalized spacial score (nSPS) is 11.1. The Bertz CT molecular complexity index is 1860. The van der Waals surface area contributed by atoms with E-state index in [1.165, 1.54) is 36.4 Å². The third-order valence-corrected chi connectivity index (χ3v) is 4.94. The Kier molecular flexibility index (Phi) is 7.44. The predicted molar refractivity (Wildman–Crippen MR) is 108 cm³/mol. The lowest BCUT2D eigenvalue weighted by Crippen LogP contribution is -2.27. The minimum absolute atomic E-state index is 0.198. The van der Waals surface area contributed by atoms with Gasteiger partial charge in [0.25, 0.3) is 0 Å². The zero-order valence-corrected chi connectivity index (χ0v) is 18.0. The van der Waals surface area contributed by atoms with Crippen molar-refractivity contribution >= 4 is 11.1 Å². The molecular formula is C24H2F6N8. The van der Waals surface area contributed by atoms with Gasteiger partial charge in [-0.05, 0) is 12.1 Å². The fourth-order valence-electron chi connectivity index (χ4n) is 3.48. The van der Waals surface area contributed by atoms with E-state index in [2.05, 4.69) is 0 Å². The Morgan fingerprint density at radius 1 is 0.579 bits per heavy atom. The van der Waals surface area contributed by atoms with E-state index in [9.17, 15) is 52.7 Å². The molecule has 0 spiro atoms. The lowest BCUT2D eigenvalue weighted by Gasteiger charge is -2.19. The van der Waals surface area contributed by atoms with Crippen LogP contribution in [0.2, 0.25) is 0 Å². The Morgan fingerprint density at radius 3 is 1.47 bits per heavy atom. The first kappa shape index (κ1) is 27.9. The van der Waals surface area contributed by atoms with E-state index >= 15 is 0 Å². The van der Waals surface area contributed by atoms with Crippen LogP contribution in [-0.4, -0.2) is 0 Å². The van der Waals surface area contributed by atoms with Gasteiger partial charge in [0.15, 0.2) is 0 Å². The maximum Gasteiger partial charge on any atom is 0.418 e. The van der Waals surface area contributed by atoms with Crippen molar-refractivity contribution < 1.29 is 26.3 Å². The first-order valence-corrected chi connectivity index (χ1v) is 9.33. The molecule has 8 nitrogen and oxygen atoms in total. The Balaban J connectivity index is 3.58. The summed E-state index contributed by atoms with van der Waals surface area (Å²) in [6.07, 6.45) is -11.1. The average molecular weight is 516 g/mol. The minimum Gasteiger partial charge on any atom is -0.192 e. The highest BCUT2D eigenvalue weighted by Gasteiger charge is 2.44. The number of hydrogen-bond acceptors (Lipinski definition) is 8. The first-order valence-electron chi connectivity index (χ1n) is 9.33. The van der Waals surface area contributed by atoms with Crippen LogP contribution in [0.4, 0.5) is 26.3 Å². The maximum atomic E-state index is 14.1. The molecule has 0 bridgehead atoms. The van der Waals surface area contributed by atoms with E-state index in [4.69, 9.17) is 15.8 Å². The lowest BCUT2D eigenvalue weighted by atomic mass is 9.86. The SMILES string of the molecule is N#CC(C#N)=c1c(C#N)c/c(=C(/C#N)c2cc(C(F)(F)F)c(C#N)c(C#N)c2C(F)(F)F)c(C#N)c1C#N. The Labute approximate surface area is 208 Å². The largest absolute Gasteiger partial charge is 0.418 e. The van der Waals surface area contributed by atoms with Crippen LogP contribution in [0.1, 0.15) is 44.5 Å². The van der Waals surface area contributed by atoms with Gasteiger partial charge in [0, 0.05) is 16.0 Å². The van der Waals surface area contributed by atoms with E-state index in [-0.39, 0.29) is 6.07 Å². The van der Waals surface area contributed by atoms with Crippen LogP contribution in [0, 0.1) is 90.6 Å². The maximum absolute atomic E-state index is 14.1.